The summed E-state index contributed by atoms with van der Waals surface area (Å²) in [5, 5.41) is 2.65. The second-order valence-electron chi connectivity index (χ2n) is 3.83. The fourth-order valence-electron chi connectivity index (χ4n) is 0.645. The van der Waals surface area contributed by atoms with E-state index in [9.17, 15) is 9.59 Å². The van der Waals surface area contributed by atoms with Crippen molar-refractivity contribution in [2.75, 3.05) is 13.7 Å². The standard InChI is InChI=1S/C9H17NO3/c1-9(2,3)8(12)10-6-5-7(11)13-4/h5-6H2,1-4H3,(H,10,12). The lowest BCUT2D eigenvalue weighted by atomic mass is 9.96. The van der Waals surface area contributed by atoms with Gasteiger partial charge in [0.25, 0.3) is 0 Å². The molecule has 0 unspecified atom stereocenters. The molecule has 4 nitrogen and oxygen atoms in total. The number of esters is 1. The fourth-order valence-corrected chi connectivity index (χ4v) is 0.645. The first kappa shape index (κ1) is 11.9. The number of nitrogens with one attached hydrogen (secondary N) is 1. The van der Waals surface area contributed by atoms with Crippen LogP contribution in [0.25, 0.3) is 0 Å². The molecule has 0 fully saturated rings. The van der Waals surface area contributed by atoms with Crippen LogP contribution in [-0.2, 0) is 14.3 Å². The predicted molar refractivity (Wildman–Crippen MR) is 49.1 cm³/mol. The van der Waals surface area contributed by atoms with Crippen LogP contribution < -0.4 is 5.32 Å². The maximum Gasteiger partial charge on any atom is 0.307 e. The van der Waals surface area contributed by atoms with Gasteiger partial charge in [-0.3, -0.25) is 9.59 Å². The van der Waals surface area contributed by atoms with Crippen LogP contribution in [0.3, 0.4) is 0 Å². The zero-order valence-corrected chi connectivity index (χ0v) is 8.64. The van der Waals surface area contributed by atoms with E-state index in [2.05, 4.69) is 10.1 Å². The molecule has 0 heterocycles. The van der Waals surface area contributed by atoms with Crippen molar-refractivity contribution < 1.29 is 14.3 Å². The molecule has 13 heavy (non-hydrogen) atoms. The minimum Gasteiger partial charge on any atom is -0.469 e. The lowest BCUT2D eigenvalue weighted by Crippen LogP contribution is -2.36. The Morgan fingerprint density at radius 1 is 1.31 bits per heavy atom. The Balaban J connectivity index is 3.67. The highest BCUT2D eigenvalue weighted by molar-refractivity contribution is 5.81. The first-order valence-corrected chi connectivity index (χ1v) is 4.23. The van der Waals surface area contributed by atoms with E-state index in [1.165, 1.54) is 7.11 Å². The topological polar surface area (TPSA) is 55.4 Å². The second-order valence-corrected chi connectivity index (χ2v) is 3.83. The van der Waals surface area contributed by atoms with Crippen LogP contribution in [0.1, 0.15) is 27.2 Å². The van der Waals surface area contributed by atoms with Gasteiger partial charge in [-0.1, -0.05) is 20.8 Å². The van der Waals surface area contributed by atoms with E-state index in [0.717, 1.165) is 0 Å². The van der Waals surface area contributed by atoms with Gasteiger partial charge in [0.15, 0.2) is 0 Å². The van der Waals surface area contributed by atoms with Gasteiger partial charge in [0.05, 0.1) is 13.5 Å². The van der Waals surface area contributed by atoms with E-state index >= 15 is 0 Å². The van der Waals surface area contributed by atoms with Crippen molar-refractivity contribution in [1.29, 1.82) is 0 Å². The SMILES string of the molecule is COC(=O)CCNC(=O)C(C)(C)C. The summed E-state index contributed by atoms with van der Waals surface area (Å²) in [5.74, 6) is -0.370. The summed E-state index contributed by atoms with van der Waals surface area (Å²) in [6.07, 6.45) is 0.221. The van der Waals surface area contributed by atoms with E-state index < -0.39 is 5.41 Å². The molecule has 0 aliphatic carbocycles. The van der Waals surface area contributed by atoms with E-state index in [-0.39, 0.29) is 18.3 Å². The Morgan fingerprint density at radius 3 is 2.23 bits per heavy atom. The van der Waals surface area contributed by atoms with E-state index in [0.29, 0.717) is 6.54 Å². The molecule has 0 bridgehead atoms. The molecule has 1 N–H and O–H groups in total. The van der Waals surface area contributed by atoms with Crippen molar-refractivity contribution in [2.24, 2.45) is 5.41 Å². The third kappa shape index (κ3) is 5.22. The van der Waals surface area contributed by atoms with Crippen molar-refractivity contribution in [2.45, 2.75) is 27.2 Å². The summed E-state index contributed by atoms with van der Waals surface area (Å²) in [5.41, 5.74) is -0.407. The van der Waals surface area contributed by atoms with Crippen LogP contribution >= 0.6 is 0 Å². The van der Waals surface area contributed by atoms with Crippen LogP contribution in [-0.4, -0.2) is 25.5 Å². The number of amides is 1. The first-order chi connectivity index (χ1) is 5.88. The Hall–Kier alpha value is -1.06. The molecule has 0 radical (unpaired) electrons. The number of methoxy groups -OCH3 is 1. The molecule has 1 amide bonds. The highest BCUT2D eigenvalue weighted by Crippen LogP contribution is 2.11. The van der Waals surface area contributed by atoms with Gasteiger partial charge in [0.1, 0.15) is 0 Å². The normalized spacial score (nSPS) is 10.8. The summed E-state index contributed by atoms with van der Waals surface area (Å²) in [4.78, 5) is 21.9. The molecule has 0 aliphatic rings. The lowest BCUT2D eigenvalue weighted by molar-refractivity contribution is -0.140. The highest BCUT2D eigenvalue weighted by atomic mass is 16.5. The first-order valence-electron chi connectivity index (χ1n) is 4.23. The van der Waals surface area contributed by atoms with Crippen molar-refractivity contribution in [3.05, 3.63) is 0 Å². The van der Waals surface area contributed by atoms with Crippen molar-refractivity contribution >= 4 is 11.9 Å². The summed E-state index contributed by atoms with van der Waals surface area (Å²) < 4.78 is 4.43. The van der Waals surface area contributed by atoms with Crippen molar-refractivity contribution in [1.82, 2.24) is 5.32 Å². The molecule has 76 valence electrons. The van der Waals surface area contributed by atoms with Crippen LogP contribution in [0, 0.1) is 5.41 Å². The molecule has 0 atom stereocenters. The van der Waals surface area contributed by atoms with Crippen molar-refractivity contribution in [3.63, 3.8) is 0 Å². The van der Waals surface area contributed by atoms with Gasteiger partial charge in [0, 0.05) is 12.0 Å². The van der Waals surface area contributed by atoms with Gasteiger partial charge >= 0.3 is 5.97 Å². The summed E-state index contributed by atoms with van der Waals surface area (Å²) in [6, 6.07) is 0. The van der Waals surface area contributed by atoms with Gasteiger partial charge in [-0.2, -0.15) is 0 Å². The second kappa shape index (κ2) is 4.84. The maximum atomic E-state index is 11.3. The Labute approximate surface area is 78.6 Å². The third-order valence-electron chi connectivity index (χ3n) is 1.52. The molecule has 0 aromatic carbocycles. The molecule has 0 aromatic rings. The Bertz CT molecular complexity index is 194. The molecule has 0 saturated heterocycles. The number of carbonyl (C=O) groups excluding carboxylic acids is 2. The van der Waals surface area contributed by atoms with Gasteiger partial charge in [-0.15, -0.1) is 0 Å². The summed E-state index contributed by atoms with van der Waals surface area (Å²) in [6.45, 7) is 5.80. The number of hydrogen-bond acceptors (Lipinski definition) is 3. The summed E-state index contributed by atoms with van der Waals surface area (Å²) >= 11 is 0. The molecule has 0 spiro atoms. The Morgan fingerprint density at radius 2 is 1.85 bits per heavy atom. The quantitative estimate of drug-likeness (QED) is 0.662. The van der Waals surface area contributed by atoms with Crippen LogP contribution in [0.2, 0.25) is 0 Å². The number of hydrogen-bond donors (Lipinski definition) is 1. The predicted octanol–water partition coefficient (Wildman–Crippen LogP) is 0.712. The fraction of sp³-hybridized carbons (Fsp3) is 0.778. The van der Waals surface area contributed by atoms with Gasteiger partial charge in [0.2, 0.25) is 5.91 Å². The zero-order chi connectivity index (χ0) is 10.5. The van der Waals surface area contributed by atoms with Crippen LogP contribution in [0.5, 0.6) is 0 Å². The average molecular weight is 187 g/mol. The number of rotatable bonds is 3. The molecule has 0 aromatic heterocycles. The van der Waals surface area contributed by atoms with Gasteiger partial charge < -0.3 is 10.1 Å². The largest absolute Gasteiger partial charge is 0.469 e. The highest BCUT2D eigenvalue weighted by Gasteiger charge is 2.20. The van der Waals surface area contributed by atoms with E-state index in [1.807, 2.05) is 20.8 Å². The van der Waals surface area contributed by atoms with Gasteiger partial charge in [-0.05, 0) is 0 Å². The maximum absolute atomic E-state index is 11.3. The summed E-state index contributed by atoms with van der Waals surface area (Å²) in [7, 11) is 1.33. The zero-order valence-electron chi connectivity index (χ0n) is 8.64. The molecule has 0 saturated carbocycles. The van der Waals surface area contributed by atoms with Gasteiger partial charge in [-0.25, -0.2) is 0 Å². The minimum atomic E-state index is -0.407. The molecule has 0 rings (SSSR count). The smallest absolute Gasteiger partial charge is 0.307 e. The molecule has 4 heteroatoms. The van der Waals surface area contributed by atoms with E-state index in [4.69, 9.17) is 0 Å². The monoisotopic (exact) mass is 187 g/mol. The van der Waals surface area contributed by atoms with Crippen LogP contribution in [0.15, 0.2) is 0 Å². The Kier molecular flexibility index (Phi) is 4.45. The minimum absolute atomic E-state index is 0.0589. The molecule has 0 aliphatic heterocycles. The van der Waals surface area contributed by atoms with E-state index in [1.54, 1.807) is 0 Å². The third-order valence-corrected chi connectivity index (χ3v) is 1.52. The van der Waals surface area contributed by atoms with Crippen LogP contribution in [0.4, 0.5) is 0 Å². The number of carbonyl (C=O) groups is 2. The lowest BCUT2D eigenvalue weighted by Gasteiger charge is -2.17. The number of ether oxygens (including phenoxy) is 1. The molecular weight excluding hydrogens is 170 g/mol. The molecular formula is C9H17NO3. The van der Waals surface area contributed by atoms with Crippen molar-refractivity contribution in [3.8, 4) is 0 Å². The average Bonchev–Trinajstić information content (AvgIpc) is 2.02.